The molecule has 0 amide bonds. The van der Waals surface area contributed by atoms with Crippen molar-refractivity contribution in [3.63, 3.8) is 0 Å². The number of imidazole rings is 1. The Bertz CT molecular complexity index is 318. The van der Waals surface area contributed by atoms with Gasteiger partial charge in [-0.15, -0.1) is 0 Å². The van der Waals surface area contributed by atoms with E-state index in [1.54, 1.807) is 0 Å². The zero-order valence-electron chi connectivity index (χ0n) is 9.93. The average molecular weight is 223 g/mol. The van der Waals surface area contributed by atoms with E-state index in [1.807, 2.05) is 12.5 Å². The van der Waals surface area contributed by atoms with Crippen LogP contribution in [-0.2, 0) is 11.3 Å². The lowest BCUT2D eigenvalue weighted by Gasteiger charge is -2.24. The third-order valence-corrected chi connectivity index (χ3v) is 3.24. The maximum absolute atomic E-state index is 6.04. The van der Waals surface area contributed by atoms with E-state index in [0.29, 0.717) is 6.10 Å². The number of hydrogen-bond donors (Lipinski definition) is 1. The summed E-state index contributed by atoms with van der Waals surface area (Å²) in [5.41, 5.74) is 7.16. The lowest BCUT2D eigenvalue weighted by Crippen LogP contribution is -2.26. The van der Waals surface area contributed by atoms with Crippen LogP contribution in [0.25, 0.3) is 0 Å². The second kappa shape index (κ2) is 5.46. The highest BCUT2D eigenvalue weighted by Gasteiger charge is 2.17. The Hall–Kier alpha value is -0.870. The highest BCUT2D eigenvalue weighted by atomic mass is 16.5. The van der Waals surface area contributed by atoms with E-state index in [1.165, 1.54) is 12.8 Å². The molecule has 2 heterocycles. The van der Waals surface area contributed by atoms with Gasteiger partial charge in [-0.2, -0.15) is 0 Å². The number of aromatic nitrogens is 2. The molecule has 4 nitrogen and oxygen atoms in total. The molecule has 1 aliphatic rings. The topological polar surface area (TPSA) is 53.1 Å². The van der Waals surface area contributed by atoms with E-state index in [2.05, 4.69) is 16.5 Å². The molecule has 2 rings (SSSR count). The van der Waals surface area contributed by atoms with Gasteiger partial charge in [-0.3, -0.25) is 0 Å². The number of nitrogens with zero attached hydrogens (tertiary/aromatic N) is 2. The van der Waals surface area contributed by atoms with Gasteiger partial charge < -0.3 is 15.0 Å². The molecule has 1 unspecified atom stereocenters. The van der Waals surface area contributed by atoms with Crippen molar-refractivity contribution in [3.8, 4) is 0 Å². The van der Waals surface area contributed by atoms with Crippen LogP contribution in [0.2, 0.25) is 0 Å². The summed E-state index contributed by atoms with van der Waals surface area (Å²) in [4.78, 5) is 4.18. The predicted molar refractivity (Wildman–Crippen MR) is 63.0 cm³/mol. The molecule has 0 bridgehead atoms. The van der Waals surface area contributed by atoms with Gasteiger partial charge in [0.2, 0.25) is 0 Å². The van der Waals surface area contributed by atoms with Crippen molar-refractivity contribution in [2.24, 2.45) is 5.73 Å². The standard InChI is InChI=1S/C12H21N3O/c1-2-11(13)12-7-14-9-15(12)8-10-5-3-4-6-16-10/h7,9-11H,2-6,8,13H2,1H3/t10?,11-/m1/s1. The number of rotatable bonds is 4. The van der Waals surface area contributed by atoms with Gasteiger partial charge in [0.05, 0.1) is 24.7 Å². The Morgan fingerprint density at radius 2 is 2.50 bits per heavy atom. The van der Waals surface area contributed by atoms with Crippen molar-refractivity contribution in [3.05, 3.63) is 18.2 Å². The summed E-state index contributed by atoms with van der Waals surface area (Å²) in [5, 5.41) is 0. The van der Waals surface area contributed by atoms with Gasteiger partial charge in [0.25, 0.3) is 0 Å². The van der Waals surface area contributed by atoms with Gasteiger partial charge in [-0.25, -0.2) is 4.98 Å². The summed E-state index contributed by atoms with van der Waals surface area (Å²) in [6.45, 7) is 3.89. The predicted octanol–water partition coefficient (Wildman–Crippen LogP) is 1.86. The number of nitrogens with two attached hydrogens (primary N) is 1. The third kappa shape index (κ3) is 2.62. The fourth-order valence-corrected chi connectivity index (χ4v) is 2.17. The largest absolute Gasteiger partial charge is 0.376 e. The van der Waals surface area contributed by atoms with Gasteiger partial charge in [0, 0.05) is 18.8 Å². The summed E-state index contributed by atoms with van der Waals surface area (Å²) >= 11 is 0. The van der Waals surface area contributed by atoms with E-state index >= 15 is 0 Å². The Labute approximate surface area is 96.8 Å². The normalized spacial score (nSPS) is 23.2. The first-order valence-electron chi connectivity index (χ1n) is 6.18. The fourth-order valence-electron chi connectivity index (χ4n) is 2.17. The van der Waals surface area contributed by atoms with Crippen LogP contribution >= 0.6 is 0 Å². The van der Waals surface area contributed by atoms with Crippen LogP contribution in [0.1, 0.15) is 44.3 Å². The molecule has 0 aliphatic carbocycles. The quantitative estimate of drug-likeness (QED) is 0.847. The molecule has 1 saturated heterocycles. The molecule has 1 aromatic heterocycles. The molecule has 2 atom stereocenters. The fraction of sp³-hybridized carbons (Fsp3) is 0.750. The lowest BCUT2D eigenvalue weighted by atomic mass is 10.1. The van der Waals surface area contributed by atoms with Crippen LogP contribution in [0.15, 0.2) is 12.5 Å². The van der Waals surface area contributed by atoms with Gasteiger partial charge in [0.1, 0.15) is 0 Å². The number of hydrogen-bond acceptors (Lipinski definition) is 3. The van der Waals surface area contributed by atoms with Gasteiger partial charge in [-0.05, 0) is 25.7 Å². The van der Waals surface area contributed by atoms with Crippen LogP contribution in [-0.4, -0.2) is 22.3 Å². The first-order valence-corrected chi connectivity index (χ1v) is 6.18. The highest BCUT2D eigenvalue weighted by Crippen LogP contribution is 2.18. The number of ether oxygens (including phenoxy) is 1. The minimum Gasteiger partial charge on any atom is -0.376 e. The van der Waals surface area contributed by atoms with Gasteiger partial charge >= 0.3 is 0 Å². The van der Waals surface area contributed by atoms with Crippen LogP contribution in [0.4, 0.5) is 0 Å². The molecule has 0 saturated carbocycles. The second-order valence-corrected chi connectivity index (χ2v) is 4.47. The molecular formula is C12H21N3O. The summed E-state index contributed by atoms with van der Waals surface area (Å²) in [6, 6.07) is 0.0890. The van der Waals surface area contributed by atoms with Crippen molar-refractivity contribution in [2.45, 2.75) is 51.3 Å². The average Bonchev–Trinajstić information content (AvgIpc) is 2.77. The molecule has 0 spiro atoms. The Balaban J connectivity index is 2.00. The molecule has 4 heteroatoms. The zero-order chi connectivity index (χ0) is 11.4. The van der Waals surface area contributed by atoms with E-state index in [-0.39, 0.29) is 6.04 Å². The minimum absolute atomic E-state index is 0.0890. The van der Waals surface area contributed by atoms with Crippen molar-refractivity contribution < 1.29 is 4.74 Å². The van der Waals surface area contributed by atoms with Crippen LogP contribution < -0.4 is 5.73 Å². The summed E-state index contributed by atoms with van der Waals surface area (Å²) in [7, 11) is 0. The molecule has 1 aromatic rings. The molecule has 90 valence electrons. The van der Waals surface area contributed by atoms with E-state index < -0.39 is 0 Å². The zero-order valence-corrected chi connectivity index (χ0v) is 9.93. The van der Waals surface area contributed by atoms with Crippen molar-refractivity contribution in [1.29, 1.82) is 0 Å². The molecular weight excluding hydrogens is 202 g/mol. The second-order valence-electron chi connectivity index (χ2n) is 4.47. The molecule has 0 aromatic carbocycles. The molecule has 2 N–H and O–H groups in total. The van der Waals surface area contributed by atoms with Crippen molar-refractivity contribution in [1.82, 2.24) is 9.55 Å². The Morgan fingerprint density at radius 3 is 3.19 bits per heavy atom. The van der Waals surface area contributed by atoms with E-state index in [0.717, 1.165) is 31.7 Å². The Morgan fingerprint density at radius 1 is 1.62 bits per heavy atom. The highest BCUT2D eigenvalue weighted by molar-refractivity contribution is 5.04. The van der Waals surface area contributed by atoms with Crippen molar-refractivity contribution in [2.75, 3.05) is 6.61 Å². The minimum atomic E-state index is 0.0890. The maximum atomic E-state index is 6.04. The summed E-state index contributed by atoms with van der Waals surface area (Å²) < 4.78 is 7.87. The van der Waals surface area contributed by atoms with Gasteiger partial charge in [0.15, 0.2) is 0 Å². The maximum Gasteiger partial charge on any atom is 0.0949 e. The molecule has 16 heavy (non-hydrogen) atoms. The molecule has 1 aliphatic heterocycles. The van der Waals surface area contributed by atoms with E-state index in [9.17, 15) is 0 Å². The SMILES string of the molecule is CC[C@@H](N)c1cncn1CC1CCCCO1. The first kappa shape index (κ1) is 11.6. The van der Waals surface area contributed by atoms with Crippen LogP contribution in [0.3, 0.4) is 0 Å². The van der Waals surface area contributed by atoms with Crippen LogP contribution in [0, 0.1) is 0 Å². The summed E-state index contributed by atoms with van der Waals surface area (Å²) in [5.74, 6) is 0. The van der Waals surface area contributed by atoms with Crippen molar-refractivity contribution >= 4 is 0 Å². The molecule has 0 radical (unpaired) electrons. The monoisotopic (exact) mass is 223 g/mol. The third-order valence-electron chi connectivity index (χ3n) is 3.24. The smallest absolute Gasteiger partial charge is 0.0949 e. The first-order chi connectivity index (χ1) is 7.81. The summed E-state index contributed by atoms with van der Waals surface area (Å²) in [6.07, 6.45) is 8.64. The van der Waals surface area contributed by atoms with Crippen LogP contribution in [0.5, 0.6) is 0 Å². The van der Waals surface area contributed by atoms with E-state index in [4.69, 9.17) is 10.5 Å². The Kier molecular flexibility index (Phi) is 3.96. The molecule has 1 fully saturated rings. The lowest BCUT2D eigenvalue weighted by molar-refractivity contribution is 0.00543. The van der Waals surface area contributed by atoms with Gasteiger partial charge in [-0.1, -0.05) is 6.92 Å².